The molecule has 142 valence electrons. The molecule has 0 saturated carbocycles. The summed E-state index contributed by atoms with van der Waals surface area (Å²) in [6, 6.07) is 8.47. The normalized spacial score (nSPS) is 11.7. The molecule has 2 aromatic carbocycles. The Hall–Kier alpha value is -3.13. The lowest BCUT2D eigenvalue weighted by atomic mass is 10.0. The van der Waals surface area contributed by atoms with Crippen LogP contribution >= 0.6 is 11.6 Å². The van der Waals surface area contributed by atoms with E-state index in [4.69, 9.17) is 11.6 Å². The van der Waals surface area contributed by atoms with E-state index in [0.29, 0.717) is 5.69 Å². The number of phenols is 1. The molecule has 0 aliphatic carbocycles. The molecular formula is C18H18ClN3O5. The van der Waals surface area contributed by atoms with E-state index in [1.54, 1.807) is 13.8 Å². The number of nitrogens with zero attached hydrogens (tertiary/aromatic N) is 1. The van der Waals surface area contributed by atoms with Gasteiger partial charge in [-0.25, -0.2) is 0 Å². The fraction of sp³-hybridized carbons (Fsp3) is 0.222. The molecule has 0 radical (unpaired) electrons. The Morgan fingerprint density at radius 3 is 2.33 bits per heavy atom. The van der Waals surface area contributed by atoms with Crippen molar-refractivity contribution in [2.75, 3.05) is 5.32 Å². The molecule has 2 rings (SSSR count). The van der Waals surface area contributed by atoms with E-state index < -0.39 is 22.8 Å². The van der Waals surface area contributed by atoms with Crippen molar-refractivity contribution in [1.82, 2.24) is 5.32 Å². The largest absolute Gasteiger partial charge is 0.507 e. The maximum absolute atomic E-state index is 12.5. The highest BCUT2D eigenvalue weighted by Gasteiger charge is 2.26. The third kappa shape index (κ3) is 5.18. The fourth-order valence-electron chi connectivity index (χ4n) is 2.33. The van der Waals surface area contributed by atoms with Gasteiger partial charge in [0.15, 0.2) is 0 Å². The minimum atomic E-state index is -0.897. The van der Waals surface area contributed by atoms with E-state index in [0.717, 1.165) is 0 Å². The van der Waals surface area contributed by atoms with Gasteiger partial charge in [0.1, 0.15) is 11.8 Å². The van der Waals surface area contributed by atoms with Gasteiger partial charge in [-0.3, -0.25) is 19.7 Å². The Kier molecular flexibility index (Phi) is 6.36. The lowest BCUT2D eigenvalue weighted by molar-refractivity contribution is -0.384. The maximum Gasteiger partial charge on any atom is 0.269 e. The first-order chi connectivity index (χ1) is 12.7. The van der Waals surface area contributed by atoms with Crippen molar-refractivity contribution >= 4 is 34.8 Å². The Labute approximate surface area is 160 Å². The van der Waals surface area contributed by atoms with Crippen molar-refractivity contribution in [3.05, 3.63) is 63.2 Å². The number of hydrogen-bond acceptors (Lipinski definition) is 5. The summed E-state index contributed by atoms with van der Waals surface area (Å²) in [5.41, 5.74) is 0.213. The zero-order valence-corrected chi connectivity index (χ0v) is 15.4. The standard InChI is InChI=1S/C18H18ClN3O5/c1-10(2)16(21-17(24)14-9-11(19)3-8-15(14)23)18(25)20-12-4-6-13(7-5-12)22(26)27/h3-10,16,23H,1-2H3,(H,20,25)(H,21,24)/t16-/m0/s1. The molecule has 0 heterocycles. The fourth-order valence-corrected chi connectivity index (χ4v) is 2.50. The summed E-state index contributed by atoms with van der Waals surface area (Å²) in [6.45, 7) is 3.50. The SMILES string of the molecule is CC(C)[C@H](NC(=O)c1cc(Cl)ccc1O)C(=O)Nc1ccc([N+](=O)[O-])cc1. The average Bonchev–Trinajstić information content (AvgIpc) is 2.61. The van der Waals surface area contributed by atoms with Gasteiger partial charge in [-0.05, 0) is 36.2 Å². The first-order valence-electron chi connectivity index (χ1n) is 8.03. The van der Waals surface area contributed by atoms with Crippen LogP contribution < -0.4 is 10.6 Å². The van der Waals surface area contributed by atoms with Gasteiger partial charge in [-0.1, -0.05) is 25.4 Å². The number of nitro benzene ring substituents is 1. The molecule has 27 heavy (non-hydrogen) atoms. The van der Waals surface area contributed by atoms with Crippen LogP contribution in [0.3, 0.4) is 0 Å². The van der Waals surface area contributed by atoms with E-state index in [-0.39, 0.29) is 27.9 Å². The number of phenolic OH excluding ortho intramolecular Hbond substituents is 1. The predicted octanol–water partition coefficient (Wildman–Crippen LogP) is 3.35. The monoisotopic (exact) mass is 391 g/mol. The Bertz CT molecular complexity index is 868. The highest BCUT2D eigenvalue weighted by molar-refractivity contribution is 6.31. The summed E-state index contributed by atoms with van der Waals surface area (Å²) in [4.78, 5) is 35.1. The van der Waals surface area contributed by atoms with E-state index in [1.165, 1.54) is 42.5 Å². The number of carbonyl (C=O) groups excluding carboxylic acids is 2. The molecular weight excluding hydrogens is 374 g/mol. The van der Waals surface area contributed by atoms with Gasteiger partial charge in [-0.2, -0.15) is 0 Å². The van der Waals surface area contributed by atoms with Gasteiger partial charge in [0, 0.05) is 22.8 Å². The Balaban J connectivity index is 2.14. The van der Waals surface area contributed by atoms with Crippen molar-refractivity contribution in [2.45, 2.75) is 19.9 Å². The maximum atomic E-state index is 12.5. The minimum Gasteiger partial charge on any atom is -0.507 e. The molecule has 0 aromatic heterocycles. The number of nitrogens with one attached hydrogen (secondary N) is 2. The quantitative estimate of drug-likeness (QED) is 0.515. The van der Waals surface area contributed by atoms with Gasteiger partial charge in [-0.15, -0.1) is 0 Å². The van der Waals surface area contributed by atoms with Crippen LogP contribution in [0, 0.1) is 16.0 Å². The second kappa shape index (κ2) is 8.50. The first kappa shape index (κ1) is 20.2. The number of halogens is 1. The van der Waals surface area contributed by atoms with Crippen LogP contribution in [0.15, 0.2) is 42.5 Å². The van der Waals surface area contributed by atoms with E-state index in [9.17, 15) is 24.8 Å². The van der Waals surface area contributed by atoms with E-state index in [1.807, 2.05) is 0 Å². The molecule has 0 aliphatic rings. The van der Waals surface area contributed by atoms with Crippen LogP contribution in [0.25, 0.3) is 0 Å². The average molecular weight is 392 g/mol. The van der Waals surface area contributed by atoms with Gasteiger partial charge in [0.2, 0.25) is 5.91 Å². The van der Waals surface area contributed by atoms with E-state index in [2.05, 4.69) is 10.6 Å². The van der Waals surface area contributed by atoms with Gasteiger partial charge < -0.3 is 15.7 Å². The summed E-state index contributed by atoms with van der Waals surface area (Å²) in [7, 11) is 0. The van der Waals surface area contributed by atoms with Crippen molar-refractivity contribution in [3.8, 4) is 5.75 Å². The number of anilines is 1. The summed E-state index contributed by atoms with van der Waals surface area (Å²) < 4.78 is 0. The number of rotatable bonds is 6. The van der Waals surface area contributed by atoms with Crippen LogP contribution in [0.2, 0.25) is 5.02 Å². The van der Waals surface area contributed by atoms with Crippen molar-refractivity contribution in [2.24, 2.45) is 5.92 Å². The lowest BCUT2D eigenvalue weighted by Crippen LogP contribution is -2.47. The number of carbonyl (C=O) groups is 2. The molecule has 9 heteroatoms. The van der Waals surface area contributed by atoms with Crippen LogP contribution in [-0.4, -0.2) is 27.9 Å². The second-order valence-electron chi connectivity index (χ2n) is 6.15. The highest BCUT2D eigenvalue weighted by Crippen LogP contribution is 2.22. The Morgan fingerprint density at radius 1 is 1.15 bits per heavy atom. The third-order valence-electron chi connectivity index (χ3n) is 3.78. The molecule has 3 N–H and O–H groups in total. The first-order valence-corrected chi connectivity index (χ1v) is 8.41. The lowest BCUT2D eigenvalue weighted by Gasteiger charge is -2.22. The molecule has 0 aliphatic heterocycles. The number of aromatic hydroxyl groups is 1. The summed E-state index contributed by atoms with van der Waals surface area (Å²) in [5.74, 6) is -1.65. The molecule has 0 saturated heterocycles. The van der Waals surface area contributed by atoms with Gasteiger partial charge in [0.25, 0.3) is 11.6 Å². The molecule has 2 aromatic rings. The summed E-state index contributed by atoms with van der Waals surface area (Å²) in [6.07, 6.45) is 0. The van der Waals surface area contributed by atoms with Crippen LogP contribution in [0.5, 0.6) is 5.75 Å². The van der Waals surface area contributed by atoms with Gasteiger partial charge >= 0.3 is 0 Å². The molecule has 0 fully saturated rings. The number of nitro groups is 1. The van der Waals surface area contributed by atoms with Crippen molar-refractivity contribution < 1.29 is 19.6 Å². The Morgan fingerprint density at radius 2 is 1.78 bits per heavy atom. The number of amides is 2. The summed E-state index contributed by atoms with van der Waals surface area (Å²) >= 11 is 5.85. The molecule has 2 amide bonds. The molecule has 8 nitrogen and oxygen atoms in total. The minimum absolute atomic E-state index is 0.0451. The van der Waals surface area contributed by atoms with Gasteiger partial charge in [0.05, 0.1) is 10.5 Å². The van der Waals surface area contributed by atoms with Crippen LogP contribution in [0.1, 0.15) is 24.2 Å². The molecule has 0 spiro atoms. The third-order valence-corrected chi connectivity index (χ3v) is 4.02. The second-order valence-corrected chi connectivity index (χ2v) is 6.59. The number of benzene rings is 2. The van der Waals surface area contributed by atoms with Crippen LogP contribution in [-0.2, 0) is 4.79 Å². The van der Waals surface area contributed by atoms with Crippen LogP contribution in [0.4, 0.5) is 11.4 Å². The van der Waals surface area contributed by atoms with Crippen molar-refractivity contribution in [3.63, 3.8) is 0 Å². The van der Waals surface area contributed by atoms with Crippen molar-refractivity contribution in [1.29, 1.82) is 0 Å². The molecule has 1 atom stereocenters. The smallest absolute Gasteiger partial charge is 0.269 e. The molecule has 0 bridgehead atoms. The zero-order chi connectivity index (χ0) is 20.1. The molecule has 0 unspecified atom stereocenters. The number of non-ortho nitro benzene ring substituents is 1. The predicted molar refractivity (Wildman–Crippen MR) is 101 cm³/mol. The van der Waals surface area contributed by atoms with E-state index >= 15 is 0 Å². The summed E-state index contributed by atoms with van der Waals surface area (Å²) in [5, 5.41) is 26.0. The highest BCUT2D eigenvalue weighted by atomic mass is 35.5. The number of hydrogen-bond donors (Lipinski definition) is 3. The topological polar surface area (TPSA) is 122 Å². The zero-order valence-electron chi connectivity index (χ0n) is 14.6.